The Morgan fingerprint density at radius 2 is 1.70 bits per heavy atom. The van der Waals surface area contributed by atoms with E-state index >= 15 is 0 Å². The number of ether oxygens (including phenoxy) is 1. The molecule has 1 amide bonds. The number of fused-ring (bicyclic) bond motifs is 1. The van der Waals surface area contributed by atoms with Crippen molar-refractivity contribution in [1.82, 2.24) is 14.8 Å². The molecule has 164 valence electrons. The number of anilines is 2. The summed E-state index contributed by atoms with van der Waals surface area (Å²) in [5.74, 6) is 1.16. The highest BCUT2D eigenvalue weighted by Gasteiger charge is 2.33. The lowest BCUT2D eigenvalue weighted by molar-refractivity contribution is -0.113. The van der Waals surface area contributed by atoms with Crippen LogP contribution in [0, 0.1) is 0 Å². The number of carbonyl (C=O) groups is 1. The minimum absolute atomic E-state index is 0.193. The Bertz CT molecular complexity index is 1280. The van der Waals surface area contributed by atoms with Gasteiger partial charge in [-0.3, -0.25) is 4.79 Å². The zero-order chi connectivity index (χ0) is 22.6. The van der Waals surface area contributed by atoms with Crippen LogP contribution in [0.1, 0.15) is 24.1 Å². The van der Waals surface area contributed by atoms with E-state index in [1.165, 1.54) is 6.33 Å². The Balaban J connectivity index is 1.42. The Morgan fingerprint density at radius 1 is 1.00 bits per heavy atom. The number of carbonyl (C=O) groups excluding carboxylic acids is 1. The highest BCUT2D eigenvalue weighted by molar-refractivity contribution is 6.06. The van der Waals surface area contributed by atoms with Crippen LogP contribution in [-0.2, 0) is 11.4 Å². The molecule has 2 N–H and O–H groups in total. The fraction of sp³-hybridized carbons (Fsp3) is 0.115. The van der Waals surface area contributed by atoms with Crippen molar-refractivity contribution in [2.45, 2.75) is 19.6 Å². The normalized spacial score (nSPS) is 14.9. The van der Waals surface area contributed by atoms with Gasteiger partial charge in [0.05, 0.1) is 5.57 Å². The first-order valence-electron chi connectivity index (χ1n) is 10.7. The van der Waals surface area contributed by atoms with Crippen LogP contribution in [0.3, 0.4) is 0 Å². The Hall–Kier alpha value is -4.39. The third-order valence-corrected chi connectivity index (χ3v) is 5.51. The number of rotatable bonds is 6. The number of hydrogen-bond acceptors (Lipinski definition) is 5. The van der Waals surface area contributed by atoms with Crippen LogP contribution in [0.2, 0.25) is 0 Å². The van der Waals surface area contributed by atoms with Crippen molar-refractivity contribution in [2.75, 3.05) is 10.6 Å². The van der Waals surface area contributed by atoms with E-state index in [4.69, 9.17) is 4.74 Å². The molecule has 0 saturated carbocycles. The average Bonchev–Trinajstić information content (AvgIpc) is 3.31. The van der Waals surface area contributed by atoms with E-state index in [0.29, 0.717) is 18.1 Å². The molecular formula is C26H23N5O2. The zero-order valence-electron chi connectivity index (χ0n) is 18.1. The lowest BCUT2D eigenvalue weighted by atomic mass is 9.95. The highest BCUT2D eigenvalue weighted by Crippen LogP contribution is 2.35. The molecule has 5 rings (SSSR count). The van der Waals surface area contributed by atoms with Crippen LogP contribution in [0.25, 0.3) is 0 Å². The van der Waals surface area contributed by atoms with Crippen molar-refractivity contribution in [2.24, 2.45) is 0 Å². The molecule has 7 nitrogen and oxygen atoms in total. The molecule has 0 radical (unpaired) electrons. The third kappa shape index (κ3) is 4.34. The fourth-order valence-corrected chi connectivity index (χ4v) is 3.90. The van der Waals surface area contributed by atoms with Gasteiger partial charge in [0.2, 0.25) is 5.95 Å². The molecular weight excluding hydrogens is 414 g/mol. The average molecular weight is 438 g/mol. The van der Waals surface area contributed by atoms with Crippen molar-refractivity contribution in [1.29, 1.82) is 0 Å². The third-order valence-electron chi connectivity index (χ3n) is 5.51. The van der Waals surface area contributed by atoms with Gasteiger partial charge < -0.3 is 15.4 Å². The summed E-state index contributed by atoms with van der Waals surface area (Å²) in [4.78, 5) is 17.6. The SMILES string of the molecule is CC1=C(C(=O)Nc2ccccc2)[C@@H](c2ccc(OCc3ccccc3)cc2)n2ncnc2N1. The summed E-state index contributed by atoms with van der Waals surface area (Å²) < 4.78 is 7.65. The zero-order valence-corrected chi connectivity index (χ0v) is 18.1. The van der Waals surface area contributed by atoms with Crippen LogP contribution >= 0.6 is 0 Å². The number of hydrogen-bond donors (Lipinski definition) is 2. The van der Waals surface area contributed by atoms with Crippen molar-refractivity contribution in [3.63, 3.8) is 0 Å². The van der Waals surface area contributed by atoms with Gasteiger partial charge in [0.15, 0.2) is 0 Å². The number of aromatic nitrogens is 3. The second-order valence-corrected chi connectivity index (χ2v) is 7.76. The summed E-state index contributed by atoms with van der Waals surface area (Å²) in [7, 11) is 0. The Morgan fingerprint density at radius 3 is 2.42 bits per heavy atom. The summed E-state index contributed by atoms with van der Waals surface area (Å²) in [6.07, 6.45) is 1.48. The quantitative estimate of drug-likeness (QED) is 0.454. The molecule has 2 heterocycles. The largest absolute Gasteiger partial charge is 0.489 e. The van der Waals surface area contributed by atoms with Gasteiger partial charge in [-0.1, -0.05) is 60.7 Å². The van der Waals surface area contributed by atoms with Crippen molar-refractivity contribution >= 4 is 17.5 Å². The first-order chi connectivity index (χ1) is 16.2. The molecule has 4 aromatic rings. The second kappa shape index (κ2) is 9.00. The monoisotopic (exact) mass is 437 g/mol. The molecule has 1 aliphatic rings. The summed E-state index contributed by atoms with van der Waals surface area (Å²) in [5, 5.41) is 10.6. The van der Waals surface area contributed by atoms with Gasteiger partial charge in [-0.2, -0.15) is 10.1 Å². The van der Waals surface area contributed by atoms with Gasteiger partial charge in [-0.25, -0.2) is 4.68 Å². The number of nitrogens with one attached hydrogen (secondary N) is 2. The van der Waals surface area contributed by atoms with Crippen molar-refractivity contribution < 1.29 is 9.53 Å². The predicted molar refractivity (Wildman–Crippen MR) is 127 cm³/mol. The second-order valence-electron chi connectivity index (χ2n) is 7.76. The maximum Gasteiger partial charge on any atom is 0.255 e. The van der Waals surface area contributed by atoms with Crippen molar-refractivity contribution in [3.8, 4) is 5.75 Å². The summed E-state index contributed by atoms with van der Waals surface area (Å²) >= 11 is 0. The molecule has 1 atom stereocenters. The Kier molecular flexibility index (Phi) is 5.59. The smallest absolute Gasteiger partial charge is 0.255 e. The first-order valence-corrected chi connectivity index (χ1v) is 10.7. The van der Waals surface area contributed by atoms with Crippen LogP contribution in [0.5, 0.6) is 5.75 Å². The van der Waals surface area contributed by atoms with Crippen LogP contribution in [0.4, 0.5) is 11.6 Å². The van der Waals surface area contributed by atoms with E-state index in [2.05, 4.69) is 20.7 Å². The lowest BCUT2D eigenvalue weighted by Gasteiger charge is -2.28. The summed E-state index contributed by atoms with van der Waals surface area (Å²) in [5.41, 5.74) is 4.06. The minimum atomic E-state index is -0.421. The van der Waals surface area contributed by atoms with Gasteiger partial charge in [0.1, 0.15) is 24.7 Å². The van der Waals surface area contributed by atoms with Crippen LogP contribution in [-0.4, -0.2) is 20.7 Å². The minimum Gasteiger partial charge on any atom is -0.489 e. The molecule has 0 fully saturated rings. The molecule has 33 heavy (non-hydrogen) atoms. The molecule has 0 bridgehead atoms. The maximum absolute atomic E-state index is 13.3. The molecule has 0 spiro atoms. The van der Waals surface area contributed by atoms with Crippen LogP contribution < -0.4 is 15.4 Å². The molecule has 0 aliphatic carbocycles. The number of amides is 1. The van der Waals surface area contributed by atoms with E-state index in [1.807, 2.05) is 91.9 Å². The maximum atomic E-state index is 13.3. The number of para-hydroxylation sites is 1. The first kappa shape index (κ1) is 20.5. The van der Waals surface area contributed by atoms with Gasteiger partial charge >= 0.3 is 0 Å². The topological polar surface area (TPSA) is 81.1 Å². The van der Waals surface area contributed by atoms with Gasteiger partial charge in [-0.05, 0) is 42.3 Å². The molecule has 1 aromatic heterocycles. The molecule has 0 unspecified atom stereocenters. The molecule has 3 aromatic carbocycles. The fourth-order valence-electron chi connectivity index (χ4n) is 3.90. The van der Waals surface area contributed by atoms with Gasteiger partial charge in [0.25, 0.3) is 5.91 Å². The van der Waals surface area contributed by atoms with Gasteiger partial charge in [0, 0.05) is 11.4 Å². The van der Waals surface area contributed by atoms with Crippen molar-refractivity contribution in [3.05, 3.63) is 114 Å². The van der Waals surface area contributed by atoms with Gasteiger partial charge in [-0.15, -0.1) is 0 Å². The lowest BCUT2D eigenvalue weighted by Crippen LogP contribution is -2.31. The van der Waals surface area contributed by atoms with E-state index in [0.717, 1.165) is 28.3 Å². The molecule has 7 heteroatoms. The number of nitrogens with zero attached hydrogens (tertiary/aromatic N) is 3. The highest BCUT2D eigenvalue weighted by atomic mass is 16.5. The number of benzene rings is 3. The Labute approximate surface area is 191 Å². The van der Waals surface area contributed by atoms with E-state index in [9.17, 15) is 4.79 Å². The standard InChI is InChI=1S/C26H23N5O2/c1-18-23(25(32)30-21-10-6-3-7-11-21)24(31-26(29-18)27-17-28-31)20-12-14-22(15-13-20)33-16-19-8-4-2-5-9-19/h2-15,17,24H,16H2,1H3,(H,30,32)(H,27,28,29)/t24-/m1/s1. The molecule has 0 saturated heterocycles. The summed E-state index contributed by atoms with van der Waals surface area (Å²) in [6, 6.07) is 26.8. The summed E-state index contributed by atoms with van der Waals surface area (Å²) in [6.45, 7) is 2.37. The van der Waals surface area contributed by atoms with E-state index in [-0.39, 0.29) is 5.91 Å². The van der Waals surface area contributed by atoms with E-state index in [1.54, 1.807) is 4.68 Å². The predicted octanol–water partition coefficient (Wildman–Crippen LogP) is 4.78. The van der Waals surface area contributed by atoms with Crippen LogP contribution in [0.15, 0.2) is 103 Å². The number of allylic oxidation sites excluding steroid dienone is 1. The molecule has 1 aliphatic heterocycles. The van der Waals surface area contributed by atoms with E-state index < -0.39 is 6.04 Å².